The van der Waals surface area contributed by atoms with Gasteiger partial charge in [0.25, 0.3) is 0 Å². The number of fused-ring (bicyclic) bond motifs is 6. The number of nitrogens with zero attached hydrogens (tertiary/aromatic N) is 5. The molecule has 0 saturated heterocycles. The van der Waals surface area contributed by atoms with Crippen LogP contribution in [0.1, 0.15) is 5.56 Å². The normalized spacial score (nSPS) is 11.4. The first-order chi connectivity index (χ1) is 31.7. The van der Waals surface area contributed by atoms with Gasteiger partial charge in [0.1, 0.15) is 11.6 Å². The average Bonchev–Trinajstić information content (AvgIpc) is 3.89. The fourth-order valence-electron chi connectivity index (χ4n) is 9.62. The van der Waals surface area contributed by atoms with Gasteiger partial charge in [0, 0.05) is 55.0 Å². The van der Waals surface area contributed by atoms with Crippen molar-refractivity contribution in [1.29, 1.82) is 5.26 Å². The van der Waals surface area contributed by atoms with Crippen LogP contribution in [-0.4, -0.2) is 19.1 Å². The zero-order valence-corrected chi connectivity index (χ0v) is 34.6. The molecule has 0 aliphatic carbocycles. The smallest absolute Gasteiger partial charge is 0.161 e. The molecule has 0 spiro atoms. The summed E-state index contributed by atoms with van der Waals surface area (Å²) >= 11 is 0. The third kappa shape index (κ3) is 5.93. The Kier molecular flexibility index (Phi) is 8.81. The first-order valence-corrected chi connectivity index (χ1v) is 21.5. The van der Waals surface area contributed by atoms with Gasteiger partial charge in [0.15, 0.2) is 5.82 Å². The van der Waals surface area contributed by atoms with E-state index < -0.39 is 0 Å². The summed E-state index contributed by atoms with van der Waals surface area (Å²) < 4.78 is 4.81. The molecule has 0 N–H and O–H groups in total. The number of hydrogen-bond donors (Lipinski definition) is 0. The summed E-state index contributed by atoms with van der Waals surface area (Å²) in [5, 5.41) is 15.6. The fourth-order valence-corrected chi connectivity index (χ4v) is 9.62. The summed E-state index contributed by atoms with van der Waals surface area (Å²) in [6, 6.07) is 80.9. The van der Waals surface area contributed by atoms with E-state index in [1.54, 1.807) is 0 Å². The van der Waals surface area contributed by atoms with Crippen LogP contribution in [0.2, 0.25) is 0 Å². The standard InChI is InChI=1S/C59H37N5/c60-38-49-57(41-23-9-3-10-24-41)61-59(62-58(49)42-25-11-4-12-26-42)47-34-36-54(56(40-21-7-2-8-22-40)55(47)39-19-5-1-6-20-39)64-52-32-18-15-29-46(52)48-37-43(33-35-53(48)64)63-50-30-16-13-27-44(50)45-28-14-17-31-51(45)63/h1-37H. The molecule has 5 nitrogen and oxygen atoms in total. The van der Waals surface area contributed by atoms with E-state index in [1.165, 1.54) is 27.2 Å². The molecule has 9 aromatic carbocycles. The number of para-hydroxylation sites is 3. The molecule has 0 saturated carbocycles. The molecule has 0 atom stereocenters. The summed E-state index contributed by atoms with van der Waals surface area (Å²) in [6.45, 7) is 0. The molecule has 0 bridgehead atoms. The summed E-state index contributed by atoms with van der Waals surface area (Å²) in [5.74, 6) is 0.539. The third-order valence-corrected chi connectivity index (χ3v) is 12.4. The van der Waals surface area contributed by atoms with Gasteiger partial charge in [0.2, 0.25) is 0 Å². The van der Waals surface area contributed by atoms with E-state index in [4.69, 9.17) is 9.97 Å². The first-order valence-electron chi connectivity index (χ1n) is 21.5. The van der Waals surface area contributed by atoms with Crippen molar-refractivity contribution in [2.24, 2.45) is 0 Å². The molecule has 64 heavy (non-hydrogen) atoms. The van der Waals surface area contributed by atoms with Crippen LogP contribution in [-0.2, 0) is 0 Å². The van der Waals surface area contributed by atoms with Crippen molar-refractivity contribution in [3.8, 4) is 73.6 Å². The Balaban J connectivity index is 1.17. The van der Waals surface area contributed by atoms with Crippen molar-refractivity contribution < 1.29 is 0 Å². The maximum absolute atomic E-state index is 10.8. The van der Waals surface area contributed by atoms with Crippen molar-refractivity contribution in [2.45, 2.75) is 0 Å². The van der Waals surface area contributed by atoms with E-state index in [0.717, 1.165) is 66.7 Å². The van der Waals surface area contributed by atoms with Crippen LogP contribution >= 0.6 is 0 Å². The van der Waals surface area contributed by atoms with Crippen LogP contribution in [0, 0.1) is 11.3 Å². The summed E-state index contributed by atoms with van der Waals surface area (Å²) in [4.78, 5) is 10.6. The predicted octanol–water partition coefficient (Wildman–Crippen LogP) is 14.9. The lowest BCUT2D eigenvalue weighted by molar-refractivity contribution is 1.15. The molecule has 3 heterocycles. The van der Waals surface area contributed by atoms with Crippen LogP contribution in [0.5, 0.6) is 0 Å². The minimum absolute atomic E-state index is 0.438. The quantitative estimate of drug-likeness (QED) is 0.161. The van der Waals surface area contributed by atoms with Gasteiger partial charge in [-0.2, -0.15) is 5.26 Å². The van der Waals surface area contributed by atoms with Crippen molar-refractivity contribution in [2.75, 3.05) is 0 Å². The van der Waals surface area contributed by atoms with Gasteiger partial charge < -0.3 is 9.13 Å². The van der Waals surface area contributed by atoms with Gasteiger partial charge in [-0.1, -0.05) is 176 Å². The molecule has 3 aromatic heterocycles. The minimum Gasteiger partial charge on any atom is -0.309 e. The van der Waals surface area contributed by atoms with Crippen LogP contribution < -0.4 is 0 Å². The number of rotatable bonds is 7. The molecular weight excluding hydrogens is 779 g/mol. The van der Waals surface area contributed by atoms with Crippen molar-refractivity contribution >= 4 is 43.6 Å². The zero-order chi connectivity index (χ0) is 42.6. The summed E-state index contributed by atoms with van der Waals surface area (Å²) in [5.41, 5.74) is 15.0. The predicted molar refractivity (Wildman–Crippen MR) is 263 cm³/mol. The Bertz CT molecular complexity index is 3650. The maximum atomic E-state index is 10.8. The lowest BCUT2D eigenvalue weighted by atomic mass is 9.88. The number of hydrogen-bond acceptors (Lipinski definition) is 3. The summed E-state index contributed by atoms with van der Waals surface area (Å²) in [7, 11) is 0. The highest BCUT2D eigenvalue weighted by atomic mass is 15.0. The Hall–Kier alpha value is -8.85. The highest BCUT2D eigenvalue weighted by Gasteiger charge is 2.26. The summed E-state index contributed by atoms with van der Waals surface area (Å²) in [6.07, 6.45) is 0. The molecule has 0 aliphatic rings. The van der Waals surface area contributed by atoms with E-state index in [2.05, 4.69) is 179 Å². The van der Waals surface area contributed by atoms with Gasteiger partial charge in [-0.05, 0) is 59.7 Å². The number of aromatic nitrogens is 4. The first kappa shape index (κ1) is 37.0. The maximum Gasteiger partial charge on any atom is 0.161 e. The molecule has 0 radical (unpaired) electrons. The SMILES string of the molecule is N#Cc1c(-c2ccccc2)nc(-c2ccc(-n3c4ccccc4c4cc(-n5c6ccccc6c6ccccc65)ccc43)c(-c3ccccc3)c2-c2ccccc2)nc1-c1ccccc1. The van der Waals surface area contributed by atoms with Gasteiger partial charge in [-0.15, -0.1) is 0 Å². The Morgan fingerprint density at radius 3 is 1.30 bits per heavy atom. The van der Waals surface area contributed by atoms with E-state index in [-0.39, 0.29) is 0 Å². The Morgan fingerprint density at radius 2 is 0.781 bits per heavy atom. The topological polar surface area (TPSA) is 59.4 Å². The fraction of sp³-hybridized carbons (Fsp3) is 0. The van der Waals surface area contributed by atoms with Gasteiger partial charge in [0.05, 0.1) is 39.1 Å². The molecule has 0 unspecified atom stereocenters. The van der Waals surface area contributed by atoms with Crippen LogP contribution in [0.4, 0.5) is 0 Å². The molecule has 0 amide bonds. The van der Waals surface area contributed by atoms with E-state index in [0.29, 0.717) is 22.8 Å². The van der Waals surface area contributed by atoms with Gasteiger partial charge in [-0.25, -0.2) is 9.97 Å². The van der Waals surface area contributed by atoms with E-state index in [1.807, 2.05) is 60.7 Å². The Morgan fingerprint density at radius 1 is 0.359 bits per heavy atom. The molecule has 12 aromatic rings. The minimum atomic E-state index is 0.438. The zero-order valence-electron chi connectivity index (χ0n) is 34.6. The van der Waals surface area contributed by atoms with Crippen LogP contribution in [0.25, 0.3) is 111 Å². The highest BCUT2D eigenvalue weighted by molar-refractivity contribution is 6.13. The molecule has 0 fully saturated rings. The lowest BCUT2D eigenvalue weighted by Gasteiger charge is -2.22. The van der Waals surface area contributed by atoms with Gasteiger partial charge >= 0.3 is 0 Å². The van der Waals surface area contributed by atoms with Crippen LogP contribution in [0.15, 0.2) is 224 Å². The molecule has 298 valence electrons. The van der Waals surface area contributed by atoms with Crippen LogP contribution in [0.3, 0.4) is 0 Å². The molecule has 0 aliphatic heterocycles. The van der Waals surface area contributed by atoms with Crippen molar-refractivity contribution in [3.05, 3.63) is 230 Å². The molecule has 5 heteroatoms. The van der Waals surface area contributed by atoms with E-state index in [9.17, 15) is 5.26 Å². The Labute approximate surface area is 370 Å². The molecular formula is C59H37N5. The number of nitriles is 1. The van der Waals surface area contributed by atoms with Gasteiger partial charge in [-0.3, -0.25) is 0 Å². The highest BCUT2D eigenvalue weighted by Crippen LogP contribution is 2.46. The second-order valence-electron chi connectivity index (χ2n) is 16.0. The lowest BCUT2D eigenvalue weighted by Crippen LogP contribution is -2.05. The van der Waals surface area contributed by atoms with E-state index >= 15 is 0 Å². The average molecular weight is 816 g/mol. The van der Waals surface area contributed by atoms with Crippen molar-refractivity contribution in [1.82, 2.24) is 19.1 Å². The van der Waals surface area contributed by atoms with Crippen molar-refractivity contribution in [3.63, 3.8) is 0 Å². The monoisotopic (exact) mass is 815 g/mol. The largest absolute Gasteiger partial charge is 0.309 e. The second kappa shape index (κ2) is 15.3. The number of benzene rings is 9. The second-order valence-corrected chi connectivity index (χ2v) is 16.0. The molecule has 12 rings (SSSR count). The third-order valence-electron chi connectivity index (χ3n) is 12.4.